The Kier molecular flexibility index (Phi) is 24.5. The number of aliphatic hydroxyl groups excluding tert-OH is 1. The Hall–Kier alpha value is 0.210. The SMILES string of the molecule is CCCCCCCCCCCCCCCCCC(C(C)O)N(CC)CC.Cl. The van der Waals surface area contributed by atoms with Crippen molar-refractivity contribution in [2.45, 2.75) is 143 Å². The molecule has 2 unspecified atom stereocenters. The standard InChI is InChI=1S/C24H51NO.ClH/c1-5-8-9-10-11-12-13-14-15-16-17-18-19-20-21-22-24(23(4)26)25(6-2)7-3;/h23-24,26H,5-22H2,1-4H3;1H. The lowest BCUT2D eigenvalue weighted by Crippen LogP contribution is -2.42. The first kappa shape index (κ1) is 29.4. The van der Waals surface area contributed by atoms with Crippen molar-refractivity contribution in [3.63, 3.8) is 0 Å². The Labute approximate surface area is 178 Å². The third-order valence-corrected chi connectivity index (χ3v) is 5.94. The highest BCUT2D eigenvalue weighted by Gasteiger charge is 2.19. The number of nitrogens with zero attached hydrogens (tertiary/aromatic N) is 1. The van der Waals surface area contributed by atoms with Crippen LogP contribution in [0.4, 0.5) is 0 Å². The van der Waals surface area contributed by atoms with Gasteiger partial charge in [-0.15, -0.1) is 12.4 Å². The van der Waals surface area contributed by atoms with Crippen LogP contribution in [-0.4, -0.2) is 35.2 Å². The molecule has 0 aromatic heterocycles. The van der Waals surface area contributed by atoms with E-state index in [0.29, 0.717) is 6.04 Å². The van der Waals surface area contributed by atoms with Gasteiger partial charge < -0.3 is 5.11 Å². The molecule has 1 N–H and O–H groups in total. The Morgan fingerprint density at radius 1 is 0.593 bits per heavy atom. The van der Waals surface area contributed by atoms with E-state index in [0.717, 1.165) is 19.5 Å². The van der Waals surface area contributed by atoms with Crippen molar-refractivity contribution in [1.29, 1.82) is 0 Å². The summed E-state index contributed by atoms with van der Waals surface area (Å²) in [6.07, 6.45) is 22.1. The van der Waals surface area contributed by atoms with E-state index in [9.17, 15) is 5.11 Å². The fraction of sp³-hybridized carbons (Fsp3) is 1.00. The Morgan fingerprint density at radius 3 is 1.22 bits per heavy atom. The fourth-order valence-electron chi connectivity index (χ4n) is 4.15. The molecule has 0 saturated heterocycles. The van der Waals surface area contributed by atoms with Crippen molar-refractivity contribution >= 4 is 12.4 Å². The van der Waals surface area contributed by atoms with Crippen LogP contribution in [0.2, 0.25) is 0 Å². The molecule has 3 heteroatoms. The van der Waals surface area contributed by atoms with E-state index in [-0.39, 0.29) is 18.5 Å². The van der Waals surface area contributed by atoms with Crippen molar-refractivity contribution in [2.75, 3.05) is 13.1 Å². The Balaban J connectivity index is 0. The normalized spacial score (nSPS) is 13.6. The lowest BCUT2D eigenvalue weighted by molar-refractivity contribution is 0.0601. The average molecular weight is 406 g/mol. The minimum atomic E-state index is -0.207. The second kappa shape index (κ2) is 22.5. The largest absolute Gasteiger partial charge is 0.392 e. The summed E-state index contributed by atoms with van der Waals surface area (Å²) in [7, 11) is 0. The van der Waals surface area contributed by atoms with Crippen molar-refractivity contribution in [3.05, 3.63) is 0 Å². The maximum absolute atomic E-state index is 10.0. The number of hydrogen-bond acceptors (Lipinski definition) is 2. The highest BCUT2D eigenvalue weighted by molar-refractivity contribution is 5.85. The maximum atomic E-state index is 10.0. The summed E-state index contributed by atoms with van der Waals surface area (Å²) in [5, 5.41) is 10.0. The molecule has 0 bridgehead atoms. The van der Waals surface area contributed by atoms with E-state index in [1.807, 2.05) is 6.92 Å². The van der Waals surface area contributed by atoms with Crippen LogP contribution < -0.4 is 0 Å². The summed E-state index contributed by atoms with van der Waals surface area (Å²) in [6.45, 7) is 10.7. The second-order valence-electron chi connectivity index (χ2n) is 8.27. The van der Waals surface area contributed by atoms with Crippen LogP contribution in [0.1, 0.15) is 130 Å². The zero-order valence-electron chi connectivity index (χ0n) is 19.2. The monoisotopic (exact) mass is 405 g/mol. The highest BCUT2D eigenvalue weighted by atomic mass is 35.5. The number of likely N-dealkylation sites (N-methyl/N-ethyl adjacent to an activating group) is 1. The molecule has 27 heavy (non-hydrogen) atoms. The summed E-state index contributed by atoms with van der Waals surface area (Å²) in [6, 6.07) is 0.354. The third kappa shape index (κ3) is 18.0. The molecule has 0 aliphatic heterocycles. The van der Waals surface area contributed by atoms with Gasteiger partial charge >= 0.3 is 0 Å². The van der Waals surface area contributed by atoms with Crippen LogP contribution in [0, 0.1) is 0 Å². The van der Waals surface area contributed by atoms with Crippen LogP contribution in [0.5, 0.6) is 0 Å². The van der Waals surface area contributed by atoms with Gasteiger partial charge in [-0.05, 0) is 26.4 Å². The van der Waals surface area contributed by atoms with E-state index < -0.39 is 0 Å². The maximum Gasteiger partial charge on any atom is 0.0667 e. The molecule has 0 radical (unpaired) electrons. The zero-order valence-corrected chi connectivity index (χ0v) is 20.0. The quantitative estimate of drug-likeness (QED) is 0.209. The molecule has 2 atom stereocenters. The van der Waals surface area contributed by atoms with E-state index in [1.165, 1.54) is 96.3 Å². The van der Waals surface area contributed by atoms with Crippen LogP contribution in [0.3, 0.4) is 0 Å². The van der Waals surface area contributed by atoms with Gasteiger partial charge in [0.25, 0.3) is 0 Å². The van der Waals surface area contributed by atoms with E-state index in [4.69, 9.17) is 0 Å². The summed E-state index contributed by atoms with van der Waals surface area (Å²) < 4.78 is 0. The molecule has 2 nitrogen and oxygen atoms in total. The molecule has 0 saturated carbocycles. The second-order valence-corrected chi connectivity index (χ2v) is 8.27. The minimum absolute atomic E-state index is 0. The lowest BCUT2D eigenvalue weighted by Gasteiger charge is -2.32. The van der Waals surface area contributed by atoms with Gasteiger partial charge in [0.1, 0.15) is 0 Å². The van der Waals surface area contributed by atoms with Gasteiger partial charge in [0.05, 0.1) is 6.10 Å². The molecule has 166 valence electrons. The third-order valence-electron chi connectivity index (χ3n) is 5.94. The number of halogens is 1. The molecule has 0 spiro atoms. The van der Waals surface area contributed by atoms with Gasteiger partial charge in [0.2, 0.25) is 0 Å². The minimum Gasteiger partial charge on any atom is -0.392 e. The Morgan fingerprint density at radius 2 is 0.926 bits per heavy atom. The first-order chi connectivity index (χ1) is 12.7. The zero-order chi connectivity index (χ0) is 19.5. The van der Waals surface area contributed by atoms with Crippen LogP contribution in [-0.2, 0) is 0 Å². The molecule has 0 rings (SSSR count). The number of hydrogen-bond donors (Lipinski definition) is 1. The van der Waals surface area contributed by atoms with Gasteiger partial charge in [0.15, 0.2) is 0 Å². The van der Waals surface area contributed by atoms with Gasteiger partial charge in [-0.2, -0.15) is 0 Å². The van der Waals surface area contributed by atoms with Crippen LogP contribution >= 0.6 is 12.4 Å². The van der Waals surface area contributed by atoms with Crippen molar-refractivity contribution in [3.8, 4) is 0 Å². The summed E-state index contributed by atoms with van der Waals surface area (Å²) in [5.41, 5.74) is 0. The van der Waals surface area contributed by atoms with Gasteiger partial charge in [-0.1, -0.05) is 117 Å². The van der Waals surface area contributed by atoms with E-state index >= 15 is 0 Å². The molecular weight excluding hydrogens is 354 g/mol. The molecule has 0 aromatic rings. The van der Waals surface area contributed by atoms with Crippen molar-refractivity contribution in [2.24, 2.45) is 0 Å². The molecule has 0 fully saturated rings. The van der Waals surface area contributed by atoms with Crippen molar-refractivity contribution in [1.82, 2.24) is 4.90 Å². The van der Waals surface area contributed by atoms with E-state index in [1.54, 1.807) is 0 Å². The summed E-state index contributed by atoms with van der Waals surface area (Å²) >= 11 is 0. The number of rotatable bonds is 20. The predicted molar refractivity (Wildman–Crippen MR) is 125 cm³/mol. The molecule has 0 aliphatic carbocycles. The van der Waals surface area contributed by atoms with Gasteiger partial charge in [-0.25, -0.2) is 0 Å². The molecular formula is C24H52ClNO. The van der Waals surface area contributed by atoms with Crippen LogP contribution in [0.25, 0.3) is 0 Å². The fourth-order valence-corrected chi connectivity index (χ4v) is 4.15. The first-order valence-electron chi connectivity index (χ1n) is 12.1. The average Bonchev–Trinajstić information content (AvgIpc) is 2.63. The summed E-state index contributed by atoms with van der Waals surface area (Å²) in [5.74, 6) is 0. The van der Waals surface area contributed by atoms with Crippen molar-refractivity contribution < 1.29 is 5.11 Å². The predicted octanol–water partition coefficient (Wildman–Crippen LogP) is 7.76. The Bertz CT molecular complexity index is 269. The lowest BCUT2D eigenvalue weighted by atomic mass is 10.0. The molecule has 0 aliphatic rings. The smallest absolute Gasteiger partial charge is 0.0667 e. The first-order valence-corrected chi connectivity index (χ1v) is 12.1. The molecule has 0 aromatic carbocycles. The van der Waals surface area contributed by atoms with Gasteiger partial charge in [-0.3, -0.25) is 4.90 Å². The number of unbranched alkanes of at least 4 members (excludes halogenated alkanes) is 14. The highest BCUT2D eigenvalue weighted by Crippen LogP contribution is 2.16. The van der Waals surface area contributed by atoms with Gasteiger partial charge in [0, 0.05) is 6.04 Å². The number of aliphatic hydroxyl groups is 1. The summed E-state index contributed by atoms with van der Waals surface area (Å²) in [4.78, 5) is 2.41. The topological polar surface area (TPSA) is 23.5 Å². The van der Waals surface area contributed by atoms with Crippen LogP contribution in [0.15, 0.2) is 0 Å². The molecule has 0 heterocycles. The molecule has 0 amide bonds. The van der Waals surface area contributed by atoms with E-state index in [2.05, 4.69) is 25.7 Å².